The summed E-state index contributed by atoms with van der Waals surface area (Å²) in [6.07, 6.45) is 3.97. The lowest BCUT2D eigenvalue weighted by Gasteiger charge is -2.39. The molecule has 0 spiro atoms. The Balaban J connectivity index is 0.00000241. The Morgan fingerprint density at radius 2 is 1.81 bits per heavy atom. The van der Waals surface area contributed by atoms with Crippen LogP contribution in [-0.2, 0) is 4.79 Å². The van der Waals surface area contributed by atoms with Crippen molar-refractivity contribution in [1.29, 1.82) is 0 Å². The zero-order valence-electron chi connectivity index (χ0n) is 21.4. The summed E-state index contributed by atoms with van der Waals surface area (Å²) in [6, 6.07) is 22.3. The maximum absolute atomic E-state index is 14.1. The lowest BCUT2D eigenvalue weighted by atomic mass is 9.80. The minimum absolute atomic E-state index is 0. The molecule has 0 aliphatic carbocycles. The molecular weight excluding hydrogens is 510 g/mol. The topological polar surface area (TPSA) is 52.6 Å². The average molecular weight is 550 g/mol. The number of aliphatic carboxylic acids is 1. The van der Waals surface area contributed by atoms with Gasteiger partial charge < -0.3 is 15.3 Å². The minimum atomic E-state index is -0.720. The molecule has 37 heavy (non-hydrogen) atoms. The molecule has 0 amide bonds. The van der Waals surface area contributed by atoms with Gasteiger partial charge in [0.15, 0.2) is 0 Å². The number of carboxylic acids is 1. The molecule has 7 heteroatoms. The number of hydrogen-bond donors (Lipinski definition) is 2. The summed E-state index contributed by atoms with van der Waals surface area (Å²) >= 11 is 0. The van der Waals surface area contributed by atoms with Crippen molar-refractivity contribution in [3.8, 4) is 0 Å². The van der Waals surface area contributed by atoms with Gasteiger partial charge in [0.05, 0.1) is 0 Å². The maximum Gasteiger partial charge on any atom is 0.303 e. The number of halogens is 3. The molecule has 2 unspecified atom stereocenters. The van der Waals surface area contributed by atoms with Gasteiger partial charge in [-0.05, 0) is 85.8 Å². The van der Waals surface area contributed by atoms with Crippen LogP contribution in [0.15, 0.2) is 66.7 Å². The largest absolute Gasteiger partial charge is 0.481 e. The van der Waals surface area contributed by atoms with Crippen LogP contribution in [0.3, 0.4) is 0 Å². The van der Waals surface area contributed by atoms with E-state index in [2.05, 4.69) is 65.7 Å². The van der Waals surface area contributed by atoms with E-state index in [1.165, 1.54) is 22.4 Å². The molecule has 202 valence electrons. The van der Waals surface area contributed by atoms with Gasteiger partial charge in [-0.2, -0.15) is 0 Å². The lowest BCUT2D eigenvalue weighted by molar-refractivity contribution is -0.137. The van der Waals surface area contributed by atoms with Crippen molar-refractivity contribution in [3.63, 3.8) is 0 Å². The monoisotopic (exact) mass is 548 g/mol. The summed E-state index contributed by atoms with van der Waals surface area (Å²) < 4.78 is 14.1. The van der Waals surface area contributed by atoms with Crippen LogP contribution in [0.1, 0.15) is 62.1 Å². The van der Waals surface area contributed by atoms with E-state index >= 15 is 0 Å². The molecule has 1 fully saturated rings. The second-order valence-corrected chi connectivity index (χ2v) is 9.91. The first kappa shape index (κ1) is 31.0. The fraction of sp³-hybridized carbons (Fsp3) is 0.433. The fourth-order valence-corrected chi connectivity index (χ4v) is 5.48. The number of piperidine rings is 1. The number of unbranched alkanes of at least 4 members (excludes halogenated alkanes) is 2. The highest BCUT2D eigenvalue weighted by Crippen LogP contribution is 2.33. The Labute approximate surface area is 232 Å². The number of fused-ring (bicyclic) bond motifs is 1. The first-order chi connectivity index (χ1) is 17.0. The number of nitrogens with one attached hydrogen (secondary N) is 1. The quantitative estimate of drug-likeness (QED) is 0.248. The van der Waals surface area contributed by atoms with Crippen LogP contribution in [0.4, 0.5) is 4.39 Å². The van der Waals surface area contributed by atoms with E-state index in [-0.39, 0.29) is 49.0 Å². The van der Waals surface area contributed by atoms with E-state index in [0.717, 1.165) is 57.4 Å². The van der Waals surface area contributed by atoms with Gasteiger partial charge in [-0.15, -0.1) is 24.8 Å². The summed E-state index contributed by atoms with van der Waals surface area (Å²) in [5.41, 5.74) is 2.38. The maximum atomic E-state index is 14.1. The summed E-state index contributed by atoms with van der Waals surface area (Å²) in [7, 11) is 0. The molecule has 0 radical (unpaired) electrons. The molecule has 3 aromatic rings. The van der Waals surface area contributed by atoms with Gasteiger partial charge in [0.1, 0.15) is 5.82 Å². The molecule has 1 aliphatic rings. The first-order valence-electron chi connectivity index (χ1n) is 12.9. The Morgan fingerprint density at radius 1 is 1.05 bits per heavy atom. The van der Waals surface area contributed by atoms with Crippen molar-refractivity contribution < 1.29 is 14.3 Å². The molecule has 4 nitrogen and oxygen atoms in total. The van der Waals surface area contributed by atoms with Crippen LogP contribution >= 0.6 is 24.8 Å². The molecule has 1 aliphatic heterocycles. The molecule has 0 bridgehead atoms. The number of carbonyl (C=O) groups is 1. The molecule has 2 N–H and O–H groups in total. The van der Waals surface area contributed by atoms with E-state index in [0.29, 0.717) is 5.92 Å². The van der Waals surface area contributed by atoms with Crippen molar-refractivity contribution in [2.75, 3.05) is 26.2 Å². The van der Waals surface area contributed by atoms with E-state index < -0.39 is 5.97 Å². The third-order valence-electron chi connectivity index (χ3n) is 7.46. The van der Waals surface area contributed by atoms with Gasteiger partial charge in [-0.25, -0.2) is 4.39 Å². The molecule has 0 saturated carbocycles. The van der Waals surface area contributed by atoms with Crippen molar-refractivity contribution in [1.82, 2.24) is 10.2 Å². The molecule has 1 heterocycles. The molecule has 1 saturated heterocycles. The fourth-order valence-electron chi connectivity index (χ4n) is 5.48. The number of carboxylic acid groups (broad SMARTS) is 1. The highest BCUT2D eigenvalue weighted by atomic mass is 35.5. The van der Waals surface area contributed by atoms with Crippen molar-refractivity contribution in [3.05, 3.63) is 83.7 Å². The van der Waals surface area contributed by atoms with Crippen LogP contribution in [0, 0.1) is 11.7 Å². The Bertz CT molecular complexity index is 1120. The predicted octanol–water partition coefficient (Wildman–Crippen LogP) is 7.22. The van der Waals surface area contributed by atoms with E-state index in [4.69, 9.17) is 5.11 Å². The van der Waals surface area contributed by atoms with Crippen molar-refractivity contribution in [2.24, 2.45) is 5.92 Å². The smallest absolute Gasteiger partial charge is 0.303 e. The third kappa shape index (κ3) is 8.68. The van der Waals surface area contributed by atoms with E-state index in [9.17, 15) is 9.18 Å². The minimum Gasteiger partial charge on any atom is -0.481 e. The van der Waals surface area contributed by atoms with Gasteiger partial charge in [0, 0.05) is 24.9 Å². The first-order valence-corrected chi connectivity index (χ1v) is 12.9. The zero-order chi connectivity index (χ0) is 24.6. The normalized spacial score (nSPS) is 18.5. The third-order valence-corrected chi connectivity index (χ3v) is 7.46. The van der Waals surface area contributed by atoms with Crippen LogP contribution in [0.25, 0.3) is 10.8 Å². The van der Waals surface area contributed by atoms with Gasteiger partial charge in [-0.1, -0.05) is 61.0 Å². The summed E-state index contributed by atoms with van der Waals surface area (Å²) in [5, 5.41) is 15.2. The van der Waals surface area contributed by atoms with Crippen LogP contribution in [0.5, 0.6) is 0 Å². The number of nitrogens with zero attached hydrogens (tertiary/aromatic N) is 1. The molecule has 0 aromatic heterocycles. The Morgan fingerprint density at radius 3 is 2.59 bits per heavy atom. The van der Waals surface area contributed by atoms with Crippen LogP contribution < -0.4 is 5.32 Å². The molecule has 3 atom stereocenters. The summed E-state index contributed by atoms with van der Waals surface area (Å²) in [6.45, 7) is 6.03. The average Bonchev–Trinajstić information content (AvgIpc) is 2.87. The number of likely N-dealkylation sites (tertiary alicyclic amines) is 1. The summed E-state index contributed by atoms with van der Waals surface area (Å²) in [4.78, 5) is 13.2. The predicted molar refractivity (Wildman–Crippen MR) is 155 cm³/mol. The second kappa shape index (κ2) is 15.3. The lowest BCUT2D eigenvalue weighted by Crippen LogP contribution is -2.43. The Kier molecular flexibility index (Phi) is 12.8. The second-order valence-electron chi connectivity index (χ2n) is 9.91. The van der Waals surface area contributed by atoms with Crippen LogP contribution in [0.2, 0.25) is 0 Å². The zero-order valence-corrected chi connectivity index (χ0v) is 23.1. The van der Waals surface area contributed by atoms with Crippen LogP contribution in [-0.4, -0.2) is 42.2 Å². The molecular formula is C30H39Cl2FN2O2. The highest BCUT2D eigenvalue weighted by molar-refractivity contribution is 5.86. The SMILES string of the molecule is C[C@@H](NCC1CCN(CCCCCC(=O)O)CC1c1cccc(F)c1)c1cccc2ccccc12.Cl.Cl. The summed E-state index contributed by atoms with van der Waals surface area (Å²) in [5.74, 6) is -0.200. The molecule has 3 aromatic carbocycles. The van der Waals surface area contributed by atoms with Gasteiger partial charge in [0.25, 0.3) is 0 Å². The highest BCUT2D eigenvalue weighted by Gasteiger charge is 2.30. The van der Waals surface area contributed by atoms with E-state index in [1.807, 2.05) is 6.07 Å². The number of benzene rings is 3. The number of rotatable bonds is 11. The van der Waals surface area contributed by atoms with Crippen molar-refractivity contribution in [2.45, 2.75) is 51.0 Å². The standard InChI is InChI=1S/C30H37FN2O2.2ClH/c1-22(27-14-8-10-23-9-4-5-13-28(23)27)32-20-25-16-18-33(17-6-2-3-15-30(34)35)21-29(25)24-11-7-12-26(31)19-24;;/h4-5,7-14,19,22,25,29,32H,2-3,6,15-18,20-21H2,1H3,(H,34,35);2*1H/t22-,25?,29?;;/m1../s1. The van der Waals surface area contributed by atoms with Crippen molar-refractivity contribution >= 4 is 41.6 Å². The molecule has 4 rings (SSSR count). The number of hydrogen-bond acceptors (Lipinski definition) is 3. The van der Waals surface area contributed by atoms with Gasteiger partial charge in [0.2, 0.25) is 0 Å². The van der Waals surface area contributed by atoms with Gasteiger partial charge >= 0.3 is 5.97 Å². The van der Waals surface area contributed by atoms with Gasteiger partial charge in [-0.3, -0.25) is 4.79 Å². The van der Waals surface area contributed by atoms with E-state index in [1.54, 1.807) is 6.07 Å². The Hall–Kier alpha value is -2.18.